The van der Waals surface area contributed by atoms with Crippen LogP contribution in [-0.4, -0.2) is 40.9 Å². The molecule has 18 heavy (non-hydrogen) atoms. The predicted molar refractivity (Wildman–Crippen MR) is 65.6 cm³/mol. The van der Waals surface area contributed by atoms with E-state index in [-0.39, 0.29) is 23.2 Å². The summed E-state index contributed by atoms with van der Waals surface area (Å²) in [5.74, 6) is 0.108. The van der Waals surface area contributed by atoms with Crippen molar-refractivity contribution in [2.24, 2.45) is 0 Å². The molecular weight excluding hydrogens is 236 g/mol. The molecule has 96 valence electrons. The molecule has 2 rings (SSSR count). The van der Waals surface area contributed by atoms with Crippen molar-refractivity contribution < 1.29 is 9.72 Å². The van der Waals surface area contributed by atoms with Crippen molar-refractivity contribution >= 4 is 17.4 Å². The lowest BCUT2D eigenvalue weighted by molar-refractivity contribution is -0.385. The largest absolute Gasteiger partial charge is 0.373 e. The fourth-order valence-corrected chi connectivity index (χ4v) is 1.72. The molecule has 0 saturated heterocycles. The van der Waals surface area contributed by atoms with E-state index in [4.69, 9.17) is 0 Å². The molecule has 1 aliphatic rings. The maximum atomic E-state index is 12.2. The van der Waals surface area contributed by atoms with Gasteiger partial charge in [0.2, 0.25) is 0 Å². The van der Waals surface area contributed by atoms with Gasteiger partial charge in [-0.15, -0.1) is 0 Å². The second-order valence-corrected chi connectivity index (χ2v) is 4.24. The molecule has 1 aromatic heterocycles. The monoisotopic (exact) mass is 250 g/mol. The van der Waals surface area contributed by atoms with E-state index in [1.807, 2.05) is 0 Å². The molecule has 7 nitrogen and oxygen atoms in total. The number of carbonyl (C=O) groups is 1. The highest BCUT2D eigenvalue weighted by Crippen LogP contribution is 2.29. The summed E-state index contributed by atoms with van der Waals surface area (Å²) in [6.07, 6.45) is 3.03. The van der Waals surface area contributed by atoms with Crippen LogP contribution in [0.4, 0.5) is 11.5 Å². The number of nitrogens with zero attached hydrogens (tertiary/aromatic N) is 3. The number of anilines is 1. The summed E-state index contributed by atoms with van der Waals surface area (Å²) in [5.41, 5.74) is -0.180. The summed E-state index contributed by atoms with van der Waals surface area (Å²) in [6, 6.07) is 1.63. The van der Waals surface area contributed by atoms with Gasteiger partial charge in [-0.05, 0) is 12.8 Å². The van der Waals surface area contributed by atoms with Crippen molar-refractivity contribution in [3.63, 3.8) is 0 Å². The third-order valence-electron chi connectivity index (χ3n) is 2.98. The van der Waals surface area contributed by atoms with Gasteiger partial charge >= 0.3 is 0 Å². The van der Waals surface area contributed by atoms with Crippen LogP contribution in [0.2, 0.25) is 0 Å². The van der Waals surface area contributed by atoms with Crippen molar-refractivity contribution in [2.75, 3.05) is 19.4 Å². The Morgan fingerprint density at radius 3 is 2.78 bits per heavy atom. The normalized spacial score (nSPS) is 14.1. The summed E-state index contributed by atoms with van der Waals surface area (Å²) >= 11 is 0. The molecule has 1 aliphatic carbocycles. The Morgan fingerprint density at radius 1 is 1.61 bits per heavy atom. The Balaban J connectivity index is 2.39. The zero-order valence-electron chi connectivity index (χ0n) is 10.2. The van der Waals surface area contributed by atoms with Gasteiger partial charge in [0, 0.05) is 26.2 Å². The highest BCUT2D eigenvalue weighted by atomic mass is 16.6. The SMILES string of the molecule is CNc1cc(C(=O)N(C)C2CC2)c([N+](=O)[O-])cn1. The minimum atomic E-state index is -0.583. The summed E-state index contributed by atoms with van der Waals surface area (Å²) in [5, 5.41) is 13.7. The average molecular weight is 250 g/mol. The fraction of sp³-hybridized carbons (Fsp3) is 0.455. The highest BCUT2D eigenvalue weighted by Gasteiger charge is 2.33. The van der Waals surface area contributed by atoms with Crippen LogP contribution in [-0.2, 0) is 0 Å². The first-order chi connectivity index (χ1) is 8.54. The third kappa shape index (κ3) is 2.24. The van der Waals surface area contributed by atoms with Crippen molar-refractivity contribution in [1.82, 2.24) is 9.88 Å². The zero-order valence-corrected chi connectivity index (χ0v) is 10.2. The minimum Gasteiger partial charge on any atom is -0.373 e. The standard InChI is InChI=1S/C11H14N4O3/c1-12-10-5-8(9(6-13-10)15(17)18)11(16)14(2)7-3-4-7/h5-7H,3-4H2,1-2H3,(H,12,13). The lowest BCUT2D eigenvalue weighted by atomic mass is 10.2. The molecule has 1 heterocycles. The van der Waals surface area contributed by atoms with Crippen LogP contribution < -0.4 is 5.32 Å². The van der Waals surface area contributed by atoms with E-state index in [1.165, 1.54) is 6.07 Å². The Hall–Kier alpha value is -2.18. The third-order valence-corrected chi connectivity index (χ3v) is 2.98. The van der Waals surface area contributed by atoms with Gasteiger partial charge < -0.3 is 10.2 Å². The van der Waals surface area contributed by atoms with Gasteiger partial charge in [-0.25, -0.2) is 4.98 Å². The van der Waals surface area contributed by atoms with E-state index in [2.05, 4.69) is 10.3 Å². The molecule has 1 aromatic rings. The first-order valence-electron chi connectivity index (χ1n) is 5.64. The second kappa shape index (κ2) is 4.59. The molecule has 0 atom stereocenters. The minimum absolute atomic E-state index is 0.0775. The number of rotatable bonds is 4. The Labute approximate surface area is 104 Å². The number of nitrogens with one attached hydrogen (secondary N) is 1. The quantitative estimate of drug-likeness (QED) is 0.642. The Bertz CT molecular complexity index is 499. The van der Waals surface area contributed by atoms with Crippen molar-refractivity contribution in [3.8, 4) is 0 Å². The fourth-order valence-electron chi connectivity index (χ4n) is 1.72. The predicted octanol–water partition coefficient (Wildman–Crippen LogP) is 1.27. The molecule has 0 aromatic carbocycles. The highest BCUT2D eigenvalue weighted by molar-refractivity contribution is 5.98. The van der Waals surface area contributed by atoms with Gasteiger partial charge in [-0.1, -0.05) is 0 Å². The van der Waals surface area contributed by atoms with Gasteiger partial charge in [0.1, 0.15) is 17.6 Å². The van der Waals surface area contributed by atoms with E-state index in [0.29, 0.717) is 5.82 Å². The lowest BCUT2D eigenvalue weighted by Crippen LogP contribution is -2.29. The molecule has 0 bridgehead atoms. The molecule has 0 spiro atoms. The van der Waals surface area contributed by atoms with E-state index in [1.54, 1.807) is 19.0 Å². The van der Waals surface area contributed by atoms with Crippen LogP contribution in [0.1, 0.15) is 23.2 Å². The van der Waals surface area contributed by atoms with Gasteiger partial charge in [0.15, 0.2) is 0 Å². The molecule has 1 saturated carbocycles. The maximum Gasteiger partial charge on any atom is 0.300 e. The van der Waals surface area contributed by atoms with Crippen molar-refractivity contribution in [3.05, 3.63) is 27.9 Å². The van der Waals surface area contributed by atoms with Crippen LogP contribution in [0.15, 0.2) is 12.3 Å². The van der Waals surface area contributed by atoms with Gasteiger partial charge in [-0.3, -0.25) is 14.9 Å². The van der Waals surface area contributed by atoms with Crippen LogP contribution >= 0.6 is 0 Å². The summed E-state index contributed by atoms with van der Waals surface area (Å²) in [4.78, 5) is 27.9. The molecule has 1 amide bonds. The zero-order chi connectivity index (χ0) is 13.3. The smallest absolute Gasteiger partial charge is 0.300 e. The van der Waals surface area contributed by atoms with Crippen molar-refractivity contribution in [1.29, 1.82) is 0 Å². The molecule has 7 heteroatoms. The number of amides is 1. The number of hydrogen-bond acceptors (Lipinski definition) is 5. The first-order valence-corrected chi connectivity index (χ1v) is 5.64. The average Bonchev–Trinajstić information content (AvgIpc) is 3.20. The number of pyridine rings is 1. The first kappa shape index (κ1) is 12.3. The Kier molecular flexibility index (Phi) is 3.14. The van der Waals surface area contributed by atoms with E-state index in [0.717, 1.165) is 19.0 Å². The topological polar surface area (TPSA) is 88.4 Å². The van der Waals surface area contributed by atoms with Crippen LogP contribution in [0.25, 0.3) is 0 Å². The van der Waals surface area contributed by atoms with E-state index < -0.39 is 4.92 Å². The molecule has 1 N–H and O–H groups in total. The van der Waals surface area contributed by atoms with Crippen LogP contribution in [0, 0.1) is 10.1 Å². The Morgan fingerprint density at radius 2 is 2.28 bits per heavy atom. The van der Waals surface area contributed by atoms with Gasteiger partial charge in [0.05, 0.1) is 4.92 Å². The molecular formula is C11H14N4O3. The molecule has 0 radical (unpaired) electrons. The molecule has 0 aliphatic heterocycles. The summed E-state index contributed by atoms with van der Waals surface area (Å²) < 4.78 is 0. The number of aromatic nitrogens is 1. The van der Waals surface area contributed by atoms with Crippen LogP contribution in [0.3, 0.4) is 0 Å². The lowest BCUT2D eigenvalue weighted by Gasteiger charge is -2.16. The van der Waals surface area contributed by atoms with E-state index in [9.17, 15) is 14.9 Å². The summed E-state index contributed by atoms with van der Waals surface area (Å²) in [7, 11) is 3.32. The maximum absolute atomic E-state index is 12.2. The summed E-state index contributed by atoms with van der Waals surface area (Å²) in [6.45, 7) is 0. The van der Waals surface area contributed by atoms with Gasteiger partial charge in [0.25, 0.3) is 11.6 Å². The molecule has 1 fully saturated rings. The molecule has 0 unspecified atom stereocenters. The van der Waals surface area contributed by atoms with Crippen molar-refractivity contribution in [2.45, 2.75) is 18.9 Å². The van der Waals surface area contributed by atoms with E-state index >= 15 is 0 Å². The van der Waals surface area contributed by atoms with Crippen LogP contribution in [0.5, 0.6) is 0 Å². The van der Waals surface area contributed by atoms with Gasteiger partial charge in [-0.2, -0.15) is 0 Å². The second-order valence-electron chi connectivity index (χ2n) is 4.24. The number of carbonyl (C=O) groups excluding carboxylic acids is 1. The number of hydrogen-bond donors (Lipinski definition) is 1. The number of nitro groups is 1.